The summed E-state index contributed by atoms with van der Waals surface area (Å²) in [5.41, 5.74) is 1.66. The zero-order valence-electron chi connectivity index (χ0n) is 21.0. The fraction of sp³-hybridized carbons (Fsp3) is 0.519. The second kappa shape index (κ2) is 14.2. The quantitative estimate of drug-likeness (QED) is 0.341. The summed E-state index contributed by atoms with van der Waals surface area (Å²) >= 11 is 0. The van der Waals surface area contributed by atoms with Crippen molar-refractivity contribution in [3.63, 3.8) is 0 Å². The molecule has 1 heterocycles. The molecule has 2 atom stereocenters. The van der Waals surface area contributed by atoms with E-state index >= 15 is 0 Å². The number of aromatic nitrogens is 1. The first-order valence-corrected chi connectivity index (χ1v) is 12.2. The van der Waals surface area contributed by atoms with Crippen molar-refractivity contribution in [3.8, 4) is 5.88 Å². The van der Waals surface area contributed by atoms with Crippen LogP contribution >= 0.6 is 0 Å². The van der Waals surface area contributed by atoms with Crippen molar-refractivity contribution in [3.05, 3.63) is 53.7 Å². The minimum atomic E-state index is -0.797. The molecular weight excluding hydrogens is 432 g/mol. The molecule has 0 amide bonds. The van der Waals surface area contributed by atoms with Gasteiger partial charge in [-0.3, -0.25) is 0 Å². The van der Waals surface area contributed by atoms with E-state index in [-0.39, 0.29) is 18.7 Å². The summed E-state index contributed by atoms with van der Waals surface area (Å²) in [6.07, 6.45) is 6.32. The Hall–Kier alpha value is -3.09. The summed E-state index contributed by atoms with van der Waals surface area (Å²) in [4.78, 5) is 29.9. The molecule has 0 aliphatic rings. The fourth-order valence-electron chi connectivity index (χ4n) is 4.07. The molecule has 1 aromatic heterocycles. The molecule has 7 nitrogen and oxygen atoms in total. The Kier molecular flexibility index (Phi) is 11.4. The first-order chi connectivity index (χ1) is 16.5. The Morgan fingerprint density at radius 2 is 1.76 bits per heavy atom. The molecule has 1 N–H and O–H groups in total. The lowest BCUT2D eigenvalue weighted by molar-refractivity contribution is -0.153. The molecule has 7 heteroatoms. The zero-order chi connectivity index (χ0) is 24.9. The summed E-state index contributed by atoms with van der Waals surface area (Å²) in [5.74, 6) is -0.00901. The van der Waals surface area contributed by atoms with Gasteiger partial charge in [0.15, 0.2) is 6.04 Å². The van der Waals surface area contributed by atoms with Gasteiger partial charge in [-0.15, -0.1) is 0 Å². The van der Waals surface area contributed by atoms with Crippen LogP contribution in [-0.4, -0.2) is 36.7 Å². The number of carbonyl (C=O) groups excluding carboxylic acids is 2. The summed E-state index contributed by atoms with van der Waals surface area (Å²) in [5, 5.41) is 3.24. The van der Waals surface area contributed by atoms with Crippen LogP contribution in [0.2, 0.25) is 0 Å². The van der Waals surface area contributed by atoms with E-state index in [0.29, 0.717) is 28.6 Å². The topological polar surface area (TPSA) is 86.8 Å². The molecule has 0 radical (unpaired) electrons. The van der Waals surface area contributed by atoms with E-state index in [1.807, 2.05) is 0 Å². The second-order valence-electron chi connectivity index (χ2n) is 8.23. The summed E-state index contributed by atoms with van der Waals surface area (Å²) in [7, 11) is 1.54. The molecule has 2 rings (SSSR count). The van der Waals surface area contributed by atoms with Crippen molar-refractivity contribution in [1.82, 2.24) is 4.98 Å². The van der Waals surface area contributed by atoms with Crippen molar-refractivity contribution >= 4 is 17.6 Å². The van der Waals surface area contributed by atoms with Gasteiger partial charge < -0.3 is 19.5 Å². The maximum Gasteiger partial charge on any atom is 0.338 e. The van der Waals surface area contributed by atoms with Gasteiger partial charge in [-0.05, 0) is 56.4 Å². The summed E-state index contributed by atoms with van der Waals surface area (Å²) < 4.78 is 16.3. The Bertz CT molecular complexity index is 894. The lowest BCUT2D eigenvalue weighted by Gasteiger charge is -2.28. The van der Waals surface area contributed by atoms with Gasteiger partial charge in [0.05, 0.1) is 19.3 Å². The maximum atomic E-state index is 13.5. The molecule has 34 heavy (non-hydrogen) atoms. The molecule has 0 fully saturated rings. The van der Waals surface area contributed by atoms with Crippen LogP contribution in [0.15, 0.2) is 42.6 Å². The highest BCUT2D eigenvalue weighted by atomic mass is 16.5. The predicted molar refractivity (Wildman–Crippen MR) is 133 cm³/mol. The number of hydrogen-bond acceptors (Lipinski definition) is 7. The molecule has 1 unspecified atom stereocenters. The van der Waals surface area contributed by atoms with Crippen LogP contribution in [0.5, 0.6) is 5.88 Å². The number of anilines is 1. The standard InChI is InChI=1S/C27H38N2O5/c1-6-11-19(12-7-2)23(8-3)34-27(31)25(21-15-16-24(32-5)28-18-21)29-22-14-10-13-20(17-22)26(30)33-9-4/h10,13-19,23,25,29H,6-9,11-12H2,1-5H3/t23-,25?/m0/s1. The number of ether oxygens (including phenoxy) is 3. The average molecular weight is 471 g/mol. The van der Waals surface area contributed by atoms with Crippen molar-refractivity contribution in [2.45, 2.75) is 71.9 Å². The monoisotopic (exact) mass is 470 g/mol. The van der Waals surface area contributed by atoms with Gasteiger partial charge >= 0.3 is 11.9 Å². The highest BCUT2D eigenvalue weighted by molar-refractivity contribution is 5.91. The van der Waals surface area contributed by atoms with E-state index in [2.05, 4.69) is 31.1 Å². The van der Waals surface area contributed by atoms with Crippen molar-refractivity contribution in [1.29, 1.82) is 0 Å². The van der Waals surface area contributed by atoms with Crippen molar-refractivity contribution in [2.75, 3.05) is 19.0 Å². The minimum absolute atomic E-state index is 0.159. The largest absolute Gasteiger partial charge is 0.481 e. The van der Waals surface area contributed by atoms with E-state index < -0.39 is 12.0 Å². The van der Waals surface area contributed by atoms with Crippen LogP contribution in [0, 0.1) is 5.92 Å². The molecule has 1 aromatic carbocycles. The molecule has 0 aliphatic carbocycles. The number of rotatable bonds is 14. The molecule has 0 spiro atoms. The molecule has 0 saturated carbocycles. The molecular formula is C27H38N2O5. The highest BCUT2D eigenvalue weighted by Crippen LogP contribution is 2.27. The Morgan fingerprint density at radius 3 is 2.32 bits per heavy atom. The fourth-order valence-corrected chi connectivity index (χ4v) is 4.07. The zero-order valence-corrected chi connectivity index (χ0v) is 21.0. The van der Waals surface area contributed by atoms with E-state index in [9.17, 15) is 9.59 Å². The number of pyridine rings is 1. The second-order valence-corrected chi connectivity index (χ2v) is 8.23. The molecule has 186 valence electrons. The third kappa shape index (κ3) is 7.75. The Labute approximate surface area is 203 Å². The lowest BCUT2D eigenvalue weighted by Crippen LogP contribution is -2.32. The van der Waals surface area contributed by atoms with E-state index in [1.165, 1.54) is 0 Å². The highest BCUT2D eigenvalue weighted by Gasteiger charge is 2.29. The van der Waals surface area contributed by atoms with Gasteiger partial charge in [0.25, 0.3) is 0 Å². The SMILES string of the molecule is CCCC(CCC)[C@H](CC)OC(=O)C(Nc1cccc(C(=O)OCC)c1)c1ccc(OC)nc1. The number of nitrogens with one attached hydrogen (secondary N) is 1. The van der Waals surface area contributed by atoms with Crippen LogP contribution in [0.1, 0.15) is 81.8 Å². The minimum Gasteiger partial charge on any atom is -0.481 e. The molecule has 0 saturated heterocycles. The van der Waals surface area contributed by atoms with Gasteiger partial charge in [0.1, 0.15) is 6.10 Å². The number of carbonyl (C=O) groups is 2. The smallest absolute Gasteiger partial charge is 0.338 e. The summed E-state index contributed by atoms with van der Waals surface area (Å²) in [6, 6.07) is 9.60. The van der Waals surface area contributed by atoms with Crippen LogP contribution in [0.25, 0.3) is 0 Å². The normalized spacial score (nSPS) is 12.6. The van der Waals surface area contributed by atoms with Crippen LogP contribution in [-0.2, 0) is 14.3 Å². The van der Waals surface area contributed by atoms with Gasteiger partial charge in [0.2, 0.25) is 5.88 Å². The number of esters is 2. The lowest BCUT2D eigenvalue weighted by atomic mass is 9.91. The van der Waals surface area contributed by atoms with Gasteiger partial charge in [0, 0.05) is 23.5 Å². The van der Waals surface area contributed by atoms with Gasteiger partial charge in [-0.2, -0.15) is 0 Å². The third-order valence-electron chi connectivity index (χ3n) is 5.74. The van der Waals surface area contributed by atoms with Crippen molar-refractivity contribution < 1.29 is 23.8 Å². The third-order valence-corrected chi connectivity index (χ3v) is 5.74. The molecule has 2 aromatic rings. The average Bonchev–Trinajstić information content (AvgIpc) is 2.86. The number of hydrogen-bond donors (Lipinski definition) is 1. The van der Waals surface area contributed by atoms with Gasteiger partial charge in [-0.25, -0.2) is 14.6 Å². The number of nitrogens with zero attached hydrogens (tertiary/aromatic N) is 1. The van der Waals surface area contributed by atoms with E-state index in [0.717, 1.165) is 32.1 Å². The number of methoxy groups -OCH3 is 1. The summed E-state index contributed by atoms with van der Waals surface area (Å²) in [6.45, 7) is 8.41. The van der Waals surface area contributed by atoms with Crippen LogP contribution < -0.4 is 10.1 Å². The first-order valence-electron chi connectivity index (χ1n) is 12.2. The predicted octanol–water partition coefficient (Wildman–Crippen LogP) is 5.96. The molecule has 0 aliphatic heterocycles. The van der Waals surface area contributed by atoms with Crippen LogP contribution in [0.4, 0.5) is 5.69 Å². The van der Waals surface area contributed by atoms with E-state index in [4.69, 9.17) is 14.2 Å². The first kappa shape index (κ1) is 27.2. The van der Waals surface area contributed by atoms with Gasteiger partial charge in [-0.1, -0.05) is 39.7 Å². The maximum absolute atomic E-state index is 13.5. The Balaban J connectivity index is 2.33. The number of benzene rings is 1. The molecule has 0 bridgehead atoms. The Morgan fingerprint density at radius 1 is 1.03 bits per heavy atom. The van der Waals surface area contributed by atoms with Crippen molar-refractivity contribution in [2.24, 2.45) is 5.92 Å². The van der Waals surface area contributed by atoms with E-state index in [1.54, 1.807) is 56.6 Å². The van der Waals surface area contributed by atoms with Crippen LogP contribution in [0.3, 0.4) is 0 Å².